The molecule has 3 rings (SSSR count). The van der Waals surface area contributed by atoms with Crippen LogP contribution in [0.4, 0.5) is 0 Å². The smallest absolute Gasteiger partial charge is 0.308 e. The molecule has 1 aromatic carbocycles. The summed E-state index contributed by atoms with van der Waals surface area (Å²) in [6.45, 7) is 2.56. The molecule has 0 bridgehead atoms. The highest BCUT2D eigenvalue weighted by Crippen LogP contribution is 2.29. The van der Waals surface area contributed by atoms with Crippen molar-refractivity contribution in [3.63, 3.8) is 0 Å². The van der Waals surface area contributed by atoms with Crippen LogP contribution in [0.3, 0.4) is 0 Å². The minimum atomic E-state index is -3.51. The van der Waals surface area contributed by atoms with E-state index in [0.717, 1.165) is 5.56 Å². The molecule has 7 nitrogen and oxygen atoms in total. The first-order chi connectivity index (χ1) is 11.0. The van der Waals surface area contributed by atoms with Crippen LogP contribution in [-0.4, -0.2) is 63.2 Å². The highest BCUT2D eigenvalue weighted by molar-refractivity contribution is 7.89. The van der Waals surface area contributed by atoms with Gasteiger partial charge in [0.15, 0.2) is 0 Å². The van der Waals surface area contributed by atoms with Crippen LogP contribution in [0.15, 0.2) is 29.2 Å². The summed E-state index contributed by atoms with van der Waals surface area (Å²) in [4.78, 5) is 11.5. The maximum absolute atomic E-state index is 12.6. The molecular weight excluding hydrogens is 320 g/mol. The van der Waals surface area contributed by atoms with E-state index in [-0.39, 0.29) is 10.8 Å². The fourth-order valence-electron chi connectivity index (χ4n) is 3.11. The number of benzene rings is 1. The maximum atomic E-state index is 12.6. The molecule has 0 spiro atoms. The maximum Gasteiger partial charge on any atom is 0.308 e. The number of aliphatic carboxylic acids is 1. The Morgan fingerprint density at radius 1 is 1.17 bits per heavy atom. The molecule has 0 amide bonds. The first-order valence-electron chi connectivity index (χ1n) is 7.61. The minimum Gasteiger partial charge on any atom is -0.481 e. The monoisotopic (exact) mass is 340 g/mol. The van der Waals surface area contributed by atoms with Crippen LogP contribution in [0.25, 0.3) is 0 Å². The molecule has 126 valence electrons. The summed E-state index contributed by atoms with van der Waals surface area (Å²) in [6.07, 6.45) is 0. The molecule has 0 aromatic heterocycles. The Morgan fingerprint density at radius 3 is 2.43 bits per heavy atom. The van der Waals surface area contributed by atoms with E-state index < -0.39 is 21.9 Å². The number of nitrogens with zero attached hydrogens (tertiary/aromatic N) is 1. The first-order valence-corrected chi connectivity index (χ1v) is 9.05. The number of sulfonamides is 1. The van der Waals surface area contributed by atoms with Crippen molar-refractivity contribution in [1.29, 1.82) is 0 Å². The molecule has 23 heavy (non-hydrogen) atoms. The number of carboxylic acid groups (broad SMARTS) is 1. The van der Waals surface area contributed by atoms with E-state index in [0.29, 0.717) is 39.4 Å². The topological polar surface area (TPSA) is 95.9 Å². The van der Waals surface area contributed by atoms with Crippen LogP contribution in [-0.2, 0) is 19.6 Å². The van der Waals surface area contributed by atoms with Crippen molar-refractivity contribution in [3.05, 3.63) is 29.8 Å². The molecule has 0 aliphatic carbocycles. The second kappa shape index (κ2) is 6.56. The number of hydrogen-bond acceptors (Lipinski definition) is 5. The molecule has 1 aromatic rings. The summed E-state index contributed by atoms with van der Waals surface area (Å²) in [5.74, 6) is -1.44. The lowest BCUT2D eigenvalue weighted by Crippen LogP contribution is -2.40. The number of carboxylic acids is 1. The summed E-state index contributed by atoms with van der Waals surface area (Å²) >= 11 is 0. The van der Waals surface area contributed by atoms with Gasteiger partial charge in [0.2, 0.25) is 10.0 Å². The summed E-state index contributed by atoms with van der Waals surface area (Å²) < 4.78 is 31.7. The zero-order chi connectivity index (χ0) is 16.4. The lowest BCUT2D eigenvalue weighted by molar-refractivity contribution is -0.141. The normalized spacial score (nSPS) is 26.3. The van der Waals surface area contributed by atoms with Gasteiger partial charge in [0.1, 0.15) is 0 Å². The third kappa shape index (κ3) is 3.25. The molecule has 2 unspecified atom stereocenters. The third-order valence-corrected chi connectivity index (χ3v) is 6.36. The Morgan fingerprint density at radius 2 is 1.83 bits per heavy atom. The van der Waals surface area contributed by atoms with Gasteiger partial charge in [-0.15, -0.1) is 0 Å². The van der Waals surface area contributed by atoms with Crippen molar-refractivity contribution >= 4 is 16.0 Å². The van der Waals surface area contributed by atoms with Gasteiger partial charge in [-0.25, -0.2) is 8.42 Å². The van der Waals surface area contributed by atoms with E-state index in [9.17, 15) is 18.3 Å². The number of hydrogen-bond donors (Lipinski definition) is 2. The van der Waals surface area contributed by atoms with E-state index in [4.69, 9.17) is 4.74 Å². The van der Waals surface area contributed by atoms with Crippen LogP contribution in [0.1, 0.15) is 11.5 Å². The van der Waals surface area contributed by atoms with Crippen molar-refractivity contribution in [2.24, 2.45) is 5.92 Å². The molecule has 2 aliphatic heterocycles. The second-order valence-electron chi connectivity index (χ2n) is 5.79. The number of ether oxygens (including phenoxy) is 1. The SMILES string of the molecule is O=C(O)C1CNCC1c1ccc(S(=O)(=O)N2CCOCC2)cc1. The Hall–Kier alpha value is -1.48. The molecule has 2 fully saturated rings. The molecule has 0 saturated carbocycles. The van der Waals surface area contributed by atoms with Gasteiger partial charge < -0.3 is 15.2 Å². The number of carbonyl (C=O) groups is 1. The van der Waals surface area contributed by atoms with E-state index >= 15 is 0 Å². The van der Waals surface area contributed by atoms with E-state index in [1.54, 1.807) is 24.3 Å². The summed E-state index contributed by atoms with van der Waals surface area (Å²) in [7, 11) is -3.51. The van der Waals surface area contributed by atoms with Crippen LogP contribution < -0.4 is 5.32 Å². The van der Waals surface area contributed by atoms with Gasteiger partial charge >= 0.3 is 5.97 Å². The highest BCUT2D eigenvalue weighted by Gasteiger charge is 2.34. The molecule has 2 saturated heterocycles. The largest absolute Gasteiger partial charge is 0.481 e. The number of rotatable bonds is 4. The molecule has 2 atom stereocenters. The highest BCUT2D eigenvalue weighted by atomic mass is 32.2. The predicted octanol–water partition coefficient (Wildman–Crippen LogP) is 0.0951. The second-order valence-corrected chi connectivity index (χ2v) is 7.73. The Bertz CT molecular complexity index is 668. The lowest BCUT2D eigenvalue weighted by atomic mass is 9.89. The Kier molecular flexibility index (Phi) is 4.67. The fourth-order valence-corrected chi connectivity index (χ4v) is 4.52. The van der Waals surface area contributed by atoms with E-state index in [1.165, 1.54) is 4.31 Å². The number of nitrogens with one attached hydrogen (secondary N) is 1. The zero-order valence-corrected chi connectivity index (χ0v) is 13.5. The van der Waals surface area contributed by atoms with Crippen LogP contribution in [0, 0.1) is 5.92 Å². The zero-order valence-electron chi connectivity index (χ0n) is 12.6. The van der Waals surface area contributed by atoms with Gasteiger partial charge in [0, 0.05) is 32.1 Å². The van der Waals surface area contributed by atoms with Crippen LogP contribution in [0.2, 0.25) is 0 Å². The first kappa shape index (κ1) is 16.4. The average Bonchev–Trinajstić information content (AvgIpc) is 3.06. The van der Waals surface area contributed by atoms with Crippen molar-refractivity contribution in [1.82, 2.24) is 9.62 Å². The van der Waals surface area contributed by atoms with Gasteiger partial charge in [0.25, 0.3) is 0 Å². The van der Waals surface area contributed by atoms with Crippen molar-refractivity contribution in [3.8, 4) is 0 Å². The minimum absolute atomic E-state index is 0.132. The molecule has 2 heterocycles. The predicted molar refractivity (Wildman–Crippen MR) is 82.8 cm³/mol. The standard InChI is InChI=1S/C15H20N2O5S/c18-15(19)14-10-16-9-13(14)11-1-3-12(4-2-11)23(20,21)17-5-7-22-8-6-17/h1-4,13-14,16H,5-10H2,(H,18,19). The fraction of sp³-hybridized carbons (Fsp3) is 0.533. The van der Waals surface area contributed by atoms with Crippen LogP contribution in [0.5, 0.6) is 0 Å². The quantitative estimate of drug-likeness (QED) is 0.807. The van der Waals surface area contributed by atoms with Crippen molar-refractivity contribution < 1.29 is 23.1 Å². The van der Waals surface area contributed by atoms with Crippen molar-refractivity contribution in [2.75, 3.05) is 39.4 Å². The molecule has 2 N–H and O–H groups in total. The van der Waals surface area contributed by atoms with Crippen molar-refractivity contribution in [2.45, 2.75) is 10.8 Å². The van der Waals surface area contributed by atoms with E-state index in [2.05, 4.69) is 5.32 Å². The van der Waals surface area contributed by atoms with Gasteiger partial charge in [0.05, 0.1) is 24.0 Å². The molecule has 2 aliphatic rings. The Labute approximate surface area is 135 Å². The van der Waals surface area contributed by atoms with Gasteiger partial charge in [-0.3, -0.25) is 4.79 Å². The summed E-state index contributed by atoms with van der Waals surface area (Å²) in [6, 6.07) is 6.58. The van der Waals surface area contributed by atoms with Gasteiger partial charge in [-0.05, 0) is 17.7 Å². The number of morpholine rings is 1. The average molecular weight is 340 g/mol. The molecule has 8 heteroatoms. The Balaban J connectivity index is 1.80. The van der Waals surface area contributed by atoms with E-state index in [1.807, 2.05) is 0 Å². The van der Waals surface area contributed by atoms with Crippen LogP contribution >= 0.6 is 0 Å². The molecular formula is C15H20N2O5S. The lowest BCUT2D eigenvalue weighted by Gasteiger charge is -2.26. The van der Waals surface area contributed by atoms with Gasteiger partial charge in [-0.1, -0.05) is 12.1 Å². The van der Waals surface area contributed by atoms with Gasteiger partial charge in [-0.2, -0.15) is 4.31 Å². The summed E-state index contributed by atoms with van der Waals surface area (Å²) in [5, 5.41) is 12.3. The summed E-state index contributed by atoms with van der Waals surface area (Å²) in [5.41, 5.74) is 0.850. The molecule has 0 radical (unpaired) electrons. The third-order valence-electron chi connectivity index (χ3n) is 4.45.